The van der Waals surface area contributed by atoms with Crippen LogP contribution in [0.1, 0.15) is 51.1 Å². The molecule has 0 heterocycles. The van der Waals surface area contributed by atoms with E-state index in [1.807, 2.05) is 7.05 Å². The van der Waals surface area contributed by atoms with Crippen molar-refractivity contribution in [3.63, 3.8) is 0 Å². The SMILES string of the molecule is CNC(C)c1ccc(SC2CCCC(C)C2)c(Br)c1. The molecule has 3 unspecified atom stereocenters. The lowest BCUT2D eigenvalue weighted by Crippen LogP contribution is -2.15. The fourth-order valence-electron chi connectivity index (χ4n) is 2.71. The van der Waals surface area contributed by atoms with E-state index in [1.54, 1.807) is 0 Å². The van der Waals surface area contributed by atoms with E-state index in [2.05, 4.69) is 65.1 Å². The van der Waals surface area contributed by atoms with E-state index in [4.69, 9.17) is 0 Å². The van der Waals surface area contributed by atoms with Gasteiger partial charge in [-0.05, 0) is 66.4 Å². The molecule has 1 aromatic rings. The molecule has 0 bridgehead atoms. The van der Waals surface area contributed by atoms with Crippen molar-refractivity contribution in [2.45, 2.75) is 55.7 Å². The van der Waals surface area contributed by atoms with Crippen molar-refractivity contribution in [2.75, 3.05) is 7.05 Å². The summed E-state index contributed by atoms with van der Waals surface area (Å²) in [4.78, 5) is 1.39. The lowest BCUT2D eigenvalue weighted by molar-refractivity contribution is 0.394. The van der Waals surface area contributed by atoms with Gasteiger partial charge in [0.25, 0.3) is 0 Å². The highest BCUT2D eigenvalue weighted by Gasteiger charge is 2.20. The van der Waals surface area contributed by atoms with Crippen molar-refractivity contribution < 1.29 is 0 Å². The number of benzene rings is 1. The summed E-state index contributed by atoms with van der Waals surface area (Å²) >= 11 is 5.79. The summed E-state index contributed by atoms with van der Waals surface area (Å²) in [6.45, 7) is 4.58. The number of hydrogen-bond donors (Lipinski definition) is 1. The second kappa shape index (κ2) is 7.14. The van der Waals surface area contributed by atoms with Crippen LogP contribution in [0.25, 0.3) is 0 Å². The van der Waals surface area contributed by atoms with Crippen LogP contribution in [0.2, 0.25) is 0 Å². The minimum Gasteiger partial charge on any atom is -0.313 e. The maximum absolute atomic E-state index is 3.74. The minimum atomic E-state index is 0.407. The highest BCUT2D eigenvalue weighted by atomic mass is 79.9. The zero-order chi connectivity index (χ0) is 13.8. The molecule has 2 rings (SSSR count). The maximum Gasteiger partial charge on any atom is 0.0314 e. The summed E-state index contributed by atoms with van der Waals surface area (Å²) < 4.78 is 1.25. The molecule has 106 valence electrons. The van der Waals surface area contributed by atoms with Crippen molar-refractivity contribution >= 4 is 27.7 Å². The molecule has 1 aliphatic carbocycles. The van der Waals surface area contributed by atoms with Gasteiger partial charge in [0.15, 0.2) is 0 Å². The van der Waals surface area contributed by atoms with Crippen molar-refractivity contribution in [3.05, 3.63) is 28.2 Å². The van der Waals surface area contributed by atoms with E-state index in [0.717, 1.165) is 11.2 Å². The quantitative estimate of drug-likeness (QED) is 0.786. The molecule has 1 nitrogen and oxygen atoms in total. The Bertz CT molecular complexity index is 421. The summed E-state index contributed by atoms with van der Waals surface area (Å²) in [5, 5.41) is 4.09. The average molecular weight is 342 g/mol. The normalized spacial score (nSPS) is 25.3. The van der Waals surface area contributed by atoms with Gasteiger partial charge in [0.05, 0.1) is 0 Å². The van der Waals surface area contributed by atoms with E-state index >= 15 is 0 Å². The molecule has 3 heteroatoms. The summed E-state index contributed by atoms with van der Waals surface area (Å²) in [7, 11) is 2.00. The summed E-state index contributed by atoms with van der Waals surface area (Å²) in [6.07, 6.45) is 5.55. The fraction of sp³-hybridized carbons (Fsp3) is 0.625. The first kappa shape index (κ1) is 15.4. The standard InChI is InChI=1S/C16H24BrNS/c1-11-5-4-6-14(9-11)19-16-8-7-13(10-15(16)17)12(2)18-3/h7-8,10-12,14,18H,4-6,9H2,1-3H3. The second-order valence-corrected chi connectivity index (χ2v) is 7.91. The molecule has 1 aliphatic rings. The smallest absolute Gasteiger partial charge is 0.0314 e. The van der Waals surface area contributed by atoms with Crippen molar-refractivity contribution in [3.8, 4) is 0 Å². The Morgan fingerprint density at radius 3 is 2.79 bits per heavy atom. The molecule has 0 aliphatic heterocycles. The zero-order valence-corrected chi connectivity index (χ0v) is 14.5. The van der Waals surface area contributed by atoms with E-state index < -0.39 is 0 Å². The highest BCUT2D eigenvalue weighted by molar-refractivity contribution is 9.10. The van der Waals surface area contributed by atoms with Crippen molar-refractivity contribution in [2.24, 2.45) is 5.92 Å². The molecule has 0 saturated heterocycles. The first-order valence-corrected chi connectivity index (χ1v) is 8.90. The van der Waals surface area contributed by atoms with Gasteiger partial charge in [-0.2, -0.15) is 0 Å². The molecule has 1 N–H and O–H groups in total. The van der Waals surface area contributed by atoms with Crippen molar-refractivity contribution in [1.29, 1.82) is 0 Å². The number of halogens is 1. The van der Waals surface area contributed by atoms with E-state index in [0.29, 0.717) is 6.04 Å². The first-order valence-electron chi connectivity index (χ1n) is 7.23. The number of nitrogens with one attached hydrogen (secondary N) is 1. The third-order valence-electron chi connectivity index (χ3n) is 4.07. The largest absolute Gasteiger partial charge is 0.313 e. The summed E-state index contributed by atoms with van der Waals surface area (Å²) in [5.74, 6) is 0.897. The third kappa shape index (κ3) is 4.24. The topological polar surface area (TPSA) is 12.0 Å². The van der Waals surface area contributed by atoms with Gasteiger partial charge >= 0.3 is 0 Å². The number of thioether (sulfide) groups is 1. The lowest BCUT2D eigenvalue weighted by atomic mass is 9.91. The van der Waals surface area contributed by atoms with Crippen LogP contribution < -0.4 is 5.32 Å². The Balaban J connectivity index is 2.04. The Morgan fingerprint density at radius 2 is 2.16 bits per heavy atom. The average Bonchev–Trinajstić information content (AvgIpc) is 2.40. The van der Waals surface area contributed by atoms with Crippen LogP contribution in [0.3, 0.4) is 0 Å². The van der Waals surface area contributed by atoms with Crippen molar-refractivity contribution in [1.82, 2.24) is 5.32 Å². The second-order valence-electron chi connectivity index (χ2n) is 5.71. The molecule has 1 aromatic carbocycles. The van der Waals surface area contributed by atoms with Gasteiger partial charge in [-0.1, -0.05) is 25.8 Å². The summed E-state index contributed by atoms with van der Waals surface area (Å²) in [6, 6.07) is 7.19. The maximum atomic E-state index is 3.74. The Hall–Kier alpha value is 0.01000. The predicted octanol–water partition coefficient (Wildman–Crippen LogP) is 5.40. The number of rotatable bonds is 4. The molecule has 3 atom stereocenters. The molecule has 1 fully saturated rings. The molecular formula is C16H24BrNS. The van der Waals surface area contributed by atoms with Gasteiger partial charge in [-0.25, -0.2) is 0 Å². The van der Waals surface area contributed by atoms with Gasteiger partial charge in [-0.3, -0.25) is 0 Å². The molecular weight excluding hydrogens is 318 g/mol. The van der Waals surface area contributed by atoms with Crippen LogP contribution >= 0.6 is 27.7 Å². The van der Waals surface area contributed by atoms with Crippen LogP contribution in [0.4, 0.5) is 0 Å². The highest BCUT2D eigenvalue weighted by Crippen LogP contribution is 2.39. The molecule has 1 saturated carbocycles. The van der Waals surface area contributed by atoms with Crippen LogP contribution in [-0.4, -0.2) is 12.3 Å². The Kier molecular flexibility index (Phi) is 5.79. The molecule has 0 spiro atoms. The van der Waals surface area contributed by atoms with E-state index in [1.165, 1.54) is 40.6 Å². The first-order chi connectivity index (χ1) is 9.10. The monoisotopic (exact) mass is 341 g/mol. The van der Waals surface area contributed by atoms with Gasteiger partial charge in [0.1, 0.15) is 0 Å². The lowest BCUT2D eigenvalue weighted by Gasteiger charge is -2.26. The van der Waals surface area contributed by atoms with Gasteiger partial charge in [0, 0.05) is 20.7 Å². The Morgan fingerprint density at radius 1 is 1.37 bits per heavy atom. The third-order valence-corrected chi connectivity index (χ3v) is 6.36. The van der Waals surface area contributed by atoms with Gasteiger partial charge in [0.2, 0.25) is 0 Å². The van der Waals surface area contributed by atoms with Crippen LogP contribution in [0.15, 0.2) is 27.6 Å². The van der Waals surface area contributed by atoms with Crippen LogP contribution in [0, 0.1) is 5.92 Å². The molecule has 0 amide bonds. The molecule has 0 aromatic heterocycles. The fourth-order valence-corrected chi connectivity index (χ4v) is 4.78. The van der Waals surface area contributed by atoms with E-state index in [-0.39, 0.29) is 0 Å². The minimum absolute atomic E-state index is 0.407. The van der Waals surface area contributed by atoms with Crippen LogP contribution in [0.5, 0.6) is 0 Å². The van der Waals surface area contributed by atoms with Gasteiger partial charge < -0.3 is 5.32 Å². The number of hydrogen-bond acceptors (Lipinski definition) is 2. The molecule has 19 heavy (non-hydrogen) atoms. The van der Waals surface area contributed by atoms with Gasteiger partial charge in [-0.15, -0.1) is 11.8 Å². The zero-order valence-electron chi connectivity index (χ0n) is 12.1. The van der Waals surface area contributed by atoms with Crippen LogP contribution in [-0.2, 0) is 0 Å². The predicted molar refractivity (Wildman–Crippen MR) is 88.9 cm³/mol. The summed E-state index contributed by atoms with van der Waals surface area (Å²) in [5.41, 5.74) is 1.34. The van der Waals surface area contributed by atoms with E-state index in [9.17, 15) is 0 Å². The molecule has 0 radical (unpaired) electrons. The Labute approximate surface area is 130 Å².